The molecular formula is C13H21N3O2. The molecule has 5 nitrogen and oxygen atoms in total. The number of rotatable bonds is 7. The topological polar surface area (TPSA) is 68.1 Å². The normalized spacial score (nSPS) is 10.7. The average molecular weight is 251 g/mol. The highest BCUT2D eigenvalue weighted by atomic mass is 16.6. The molecule has 0 spiro atoms. The SMILES string of the molecule is Cc1ccnc(NCCCCC(C)C)c1[N+](=O)[O-]. The van der Waals surface area contributed by atoms with Crippen LogP contribution in [0.5, 0.6) is 0 Å². The van der Waals surface area contributed by atoms with E-state index in [1.165, 1.54) is 6.42 Å². The lowest BCUT2D eigenvalue weighted by atomic mass is 10.1. The first-order valence-electron chi connectivity index (χ1n) is 6.36. The minimum Gasteiger partial charge on any atom is -0.364 e. The molecule has 1 N–H and O–H groups in total. The predicted molar refractivity (Wildman–Crippen MR) is 72.8 cm³/mol. The summed E-state index contributed by atoms with van der Waals surface area (Å²) in [5.74, 6) is 1.08. The first-order chi connectivity index (χ1) is 8.52. The average Bonchev–Trinajstić information content (AvgIpc) is 2.27. The van der Waals surface area contributed by atoms with Gasteiger partial charge in [0.25, 0.3) is 0 Å². The number of nitro groups is 1. The Kier molecular flexibility index (Phi) is 5.55. The first-order valence-corrected chi connectivity index (χ1v) is 6.36. The van der Waals surface area contributed by atoms with Crippen molar-refractivity contribution < 1.29 is 4.92 Å². The number of hydrogen-bond acceptors (Lipinski definition) is 4. The summed E-state index contributed by atoms with van der Waals surface area (Å²) in [4.78, 5) is 14.6. The highest BCUT2D eigenvalue weighted by molar-refractivity contribution is 5.59. The van der Waals surface area contributed by atoms with E-state index in [1.807, 2.05) is 0 Å². The summed E-state index contributed by atoms with van der Waals surface area (Å²) in [7, 11) is 0. The van der Waals surface area contributed by atoms with Crippen LogP contribution in [0.3, 0.4) is 0 Å². The number of unbranched alkanes of at least 4 members (excludes halogenated alkanes) is 1. The molecular weight excluding hydrogens is 230 g/mol. The van der Waals surface area contributed by atoms with Crippen LogP contribution in [0.15, 0.2) is 12.3 Å². The fourth-order valence-corrected chi connectivity index (χ4v) is 1.79. The van der Waals surface area contributed by atoms with Crippen molar-refractivity contribution in [2.45, 2.75) is 40.0 Å². The van der Waals surface area contributed by atoms with Crippen LogP contribution in [0.2, 0.25) is 0 Å². The number of anilines is 1. The Morgan fingerprint density at radius 3 is 2.78 bits per heavy atom. The number of aryl methyl sites for hydroxylation is 1. The van der Waals surface area contributed by atoms with Gasteiger partial charge in [0.05, 0.1) is 4.92 Å². The van der Waals surface area contributed by atoms with E-state index in [2.05, 4.69) is 24.1 Å². The molecule has 0 fully saturated rings. The summed E-state index contributed by atoms with van der Waals surface area (Å²) < 4.78 is 0. The van der Waals surface area contributed by atoms with Gasteiger partial charge in [0.2, 0.25) is 5.82 Å². The van der Waals surface area contributed by atoms with Crippen LogP contribution in [0.25, 0.3) is 0 Å². The first kappa shape index (κ1) is 14.4. The standard InChI is InChI=1S/C13H21N3O2/c1-10(2)6-4-5-8-14-13-12(16(17)18)11(3)7-9-15-13/h7,9-10H,4-6,8H2,1-3H3,(H,14,15). The third-order valence-corrected chi connectivity index (χ3v) is 2.81. The van der Waals surface area contributed by atoms with Crippen molar-refractivity contribution in [2.24, 2.45) is 5.92 Å². The molecule has 0 aliphatic rings. The van der Waals surface area contributed by atoms with Crippen molar-refractivity contribution >= 4 is 11.5 Å². The van der Waals surface area contributed by atoms with Crippen molar-refractivity contribution in [3.05, 3.63) is 27.9 Å². The maximum absolute atomic E-state index is 10.9. The summed E-state index contributed by atoms with van der Waals surface area (Å²) in [6.07, 6.45) is 4.92. The Balaban J connectivity index is 2.52. The quantitative estimate of drug-likeness (QED) is 0.457. The molecule has 0 saturated carbocycles. The molecule has 0 atom stereocenters. The minimum absolute atomic E-state index is 0.0846. The van der Waals surface area contributed by atoms with Gasteiger partial charge in [0.15, 0.2) is 0 Å². The van der Waals surface area contributed by atoms with Crippen LogP contribution in [0, 0.1) is 23.0 Å². The molecule has 1 aromatic rings. The second-order valence-electron chi connectivity index (χ2n) is 4.90. The molecule has 18 heavy (non-hydrogen) atoms. The van der Waals surface area contributed by atoms with Gasteiger partial charge in [-0.3, -0.25) is 10.1 Å². The van der Waals surface area contributed by atoms with Gasteiger partial charge in [-0.2, -0.15) is 0 Å². The molecule has 0 aliphatic heterocycles. The van der Waals surface area contributed by atoms with E-state index in [-0.39, 0.29) is 10.6 Å². The number of aromatic nitrogens is 1. The minimum atomic E-state index is -0.376. The van der Waals surface area contributed by atoms with Gasteiger partial charge in [0.1, 0.15) is 0 Å². The van der Waals surface area contributed by atoms with Crippen molar-refractivity contribution in [1.82, 2.24) is 4.98 Å². The number of nitrogens with zero attached hydrogens (tertiary/aromatic N) is 2. The third kappa shape index (κ3) is 4.31. The molecule has 0 aliphatic carbocycles. The highest BCUT2D eigenvalue weighted by Gasteiger charge is 2.17. The molecule has 1 aromatic heterocycles. The smallest absolute Gasteiger partial charge is 0.314 e. The Morgan fingerprint density at radius 1 is 1.44 bits per heavy atom. The molecule has 0 unspecified atom stereocenters. The Hall–Kier alpha value is -1.65. The number of pyridine rings is 1. The zero-order chi connectivity index (χ0) is 13.5. The second kappa shape index (κ2) is 6.93. The van der Waals surface area contributed by atoms with Gasteiger partial charge < -0.3 is 5.32 Å². The van der Waals surface area contributed by atoms with Gasteiger partial charge in [-0.1, -0.05) is 26.7 Å². The maximum Gasteiger partial charge on any atom is 0.314 e. The fraction of sp³-hybridized carbons (Fsp3) is 0.615. The molecule has 0 amide bonds. The van der Waals surface area contributed by atoms with Crippen molar-refractivity contribution in [3.8, 4) is 0 Å². The summed E-state index contributed by atoms with van der Waals surface area (Å²) >= 11 is 0. The Labute approximate surface area is 108 Å². The zero-order valence-corrected chi connectivity index (χ0v) is 11.3. The van der Waals surface area contributed by atoms with Crippen LogP contribution >= 0.6 is 0 Å². The van der Waals surface area contributed by atoms with Gasteiger partial charge in [-0.15, -0.1) is 0 Å². The summed E-state index contributed by atoms with van der Waals surface area (Å²) in [5, 5.41) is 14.0. The number of hydrogen-bond donors (Lipinski definition) is 1. The third-order valence-electron chi connectivity index (χ3n) is 2.81. The lowest BCUT2D eigenvalue weighted by molar-refractivity contribution is -0.384. The number of nitrogens with one attached hydrogen (secondary N) is 1. The van der Waals surface area contributed by atoms with E-state index in [0.29, 0.717) is 17.3 Å². The lowest BCUT2D eigenvalue weighted by Gasteiger charge is -2.08. The molecule has 100 valence electrons. The fourth-order valence-electron chi connectivity index (χ4n) is 1.79. The molecule has 0 aromatic carbocycles. The molecule has 1 heterocycles. The largest absolute Gasteiger partial charge is 0.364 e. The molecule has 0 saturated heterocycles. The van der Waals surface area contributed by atoms with Crippen molar-refractivity contribution in [1.29, 1.82) is 0 Å². The van der Waals surface area contributed by atoms with Crippen LogP contribution in [-0.2, 0) is 0 Å². The van der Waals surface area contributed by atoms with Crippen molar-refractivity contribution in [3.63, 3.8) is 0 Å². The van der Waals surface area contributed by atoms with Crippen LogP contribution < -0.4 is 5.32 Å². The van der Waals surface area contributed by atoms with E-state index < -0.39 is 0 Å². The molecule has 1 rings (SSSR count). The second-order valence-corrected chi connectivity index (χ2v) is 4.90. The van der Waals surface area contributed by atoms with E-state index in [1.54, 1.807) is 19.2 Å². The molecule has 5 heteroatoms. The van der Waals surface area contributed by atoms with Crippen LogP contribution in [0.1, 0.15) is 38.7 Å². The van der Waals surface area contributed by atoms with Crippen LogP contribution in [0.4, 0.5) is 11.5 Å². The van der Waals surface area contributed by atoms with Gasteiger partial charge in [0, 0.05) is 18.3 Å². The monoisotopic (exact) mass is 251 g/mol. The summed E-state index contributed by atoms with van der Waals surface area (Å²) in [5.41, 5.74) is 0.723. The van der Waals surface area contributed by atoms with Gasteiger partial charge in [-0.05, 0) is 25.3 Å². The maximum atomic E-state index is 10.9. The summed E-state index contributed by atoms with van der Waals surface area (Å²) in [6.45, 7) is 6.84. The van der Waals surface area contributed by atoms with E-state index in [0.717, 1.165) is 19.4 Å². The van der Waals surface area contributed by atoms with E-state index in [9.17, 15) is 10.1 Å². The Morgan fingerprint density at radius 2 is 2.17 bits per heavy atom. The molecule has 0 radical (unpaired) electrons. The highest BCUT2D eigenvalue weighted by Crippen LogP contribution is 2.25. The van der Waals surface area contributed by atoms with E-state index in [4.69, 9.17) is 0 Å². The summed E-state index contributed by atoms with van der Waals surface area (Å²) in [6, 6.07) is 1.65. The van der Waals surface area contributed by atoms with Gasteiger partial charge >= 0.3 is 5.69 Å². The predicted octanol–water partition coefficient (Wildman–Crippen LogP) is 3.54. The van der Waals surface area contributed by atoms with Crippen LogP contribution in [-0.4, -0.2) is 16.5 Å². The zero-order valence-electron chi connectivity index (χ0n) is 11.3. The lowest BCUT2D eigenvalue weighted by Crippen LogP contribution is -2.07. The molecule has 0 bridgehead atoms. The van der Waals surface area contributed by atoms with Crippen molar-refractivity contribution in [2.75, 3.05) is 11.9 Å². The van der Waals surface area contributed by atoms with E-state index >= 15 is 0 Å². The Bertz CT molecular complexity index is 405. The van der Waals surface area contributed by atoms with Gasteiger partial charge in [-0.25, -0.2) is 4.98 Å².